The Labute approximate surface area is 121 Å². The van der Waals surface area contributed by atoms with Crippen molar-refractivity contribution in [1.29, 1.82) is 0 Å². The van der Waals surface area contributed by atoms with Gasteiger partial charge in [-0.2, -0.15) is 0 Å². The Balaban J connectivity index is 2.07. The predicted octanol–water partition coefficient (Wildman–Crippen LogP) is 3.57. The lowest BCUT2D eigenvalue weighted by Crippen LogP contribution is -2.29. The van der Waals surface area contributed by atoms with Gasteiger partial charge in [0.05, 0.1) is 6.04 Å². The number of nitrogens with two attached hydrogens (primary N) is 1. The van der Waals surface area contributed by atoms with E-state index in [4.69, 9.17) is 5.84 Å². The van der Waals surface area contributed by atoms with Gasteiger partial charge in [0.2, 0.25) is 0 Å². The summed E-state index contributed by atoms with van der Waals surface area (Å²) in [5.41, 5.74) is 4.35. The average molecular weight is 294 g/mol. The first-order valence-corrected chi connectivity index (χ1v) is 7.18. The molecule has 106 valence electrons. The second-order valence-corrected chi connectivity index (χ2v) is 5.64. The van der Waals surface area contributed by atoms with Gasteiger partial charge in [-0.25, -0.2) is 8.78 Å². The smallest absolute Gasteiger partial charge is 0.123 e. The Kier molecular flexibility index (Phi) is 5.11. The highest BCUT2D eigenvalue weighted by Crippen LogP contribution is 2.25. The Bertz CT molecular complexity index is 552. The van der Waals surface area contributed by atoms with E-state index in [9.17, 15) is 8.78 Å². The third-order valence-corrected chi connectivity index (χ3v) is 4.00. The van der Waals surface area contributed by atoms with E-state index in [1.54, 1.807) is 12.1 Å². The molecule has 0 aliphatic rings. The van der Waals surface area contributed by atoms with Gasteiger partial charge in [-0.3, -0.25) is 11.3 Å². The summed E-state index contributed by atoms with van der Waals surface area (Å²) in [5, 5.41) is 0. The first-order valence-electron chi connectivity index (χ1n) is 6.20. The van der Waals surface area contributed by atoms with E-state index in [0.29, 0.717) is 5.75 Å². The summed E-state index contributed by atoms with van der Waals surface area (Å²) < 4.78 is 26.2. The highest BCUT2D eigenvalue weighted by atomic mass is 32.2. The van der Waals surface area contributed by atoms with Crippen LogP contribution in [0.25, 0.3) is 0 Å². The van der Waals surface area contributed by atoms with Crippen LogP contribution in [0.5, 0.6) is 0 Å². The van der Waals surface area contributed by atoms with Crippen LogP contribution in [0.3, 0.4) is 0 Å². The molecule has 2 aromatic carbocycles. The van der Waals surface area contributed by atoms with Crippen LogP contribution < -0.4 is 11.3 Å². The zero-order chi connectivity index (χ0) is 14.5. The van der Waals surface area contributed by atoms with Crippen molar-refractivity contribution in [3.8, 4) is 0 Å². The Morgan fingerprint density at radius 1 is 1.10 bits per heavy atom. The van der Waals surface area contributed by atoms with Gasteiger partial charge < -0.3 is 0 Å². The number of hydrogen-bond donors (Lipinski definition) is 2. The molecule has 0 spiro atoms. The molecule has 2 nitrogen and oxygen atoms in total. The van der Waals surface area contributed by atoms with Crippen molar-refractivity contribution in [2.45, 2.75) is 17.9 Å². The number of hydrogen-bond acceptors (Lipinski definition) is 3. The predicted molar refractivity (Wildman–Crippen MR) is 78.3 cm³/mol. The Morgan fingerprint density at radius 2 is 1.80 bits per heavy atom. The number of rotatable bonds is 5. The average Bonchev–Trinajstić information content (AvgIpc) is 2.40. The van der Waals surface area contributed by atoms with Crippen LogP contribution >= 0.6 is 11.8 Å². The van der Waals surface area contributed by atoms with Gasteiger partial charge in [-0.05, 0) is 54.4 Å². The van der Waals surface area contributed by atoms with Gasteiger partial charge >= 0.3 is 0 Å². The van der Waals surface area contributed by atoms with Crippen molar-refractivity contribution in [1.82, 2.24) is 5.43 Å². The molecule has 0 aliphatic carbocycles. The molecular formula is C15H16F2N2S. The van der Waals surface area contributed by atoms with Crippen molar-refractivity contribution >= 4 is 11.8 Å². The topological polar surface area (TPSA) is 38.0 Å². The van der Waals surface area contributed by atoms with Crippen molar-refractivity contribution in [2.75, 3.05) is 5.75 Å². The van der Waals surface area contributed by atoms with E-state index in [0.717, 1.165) is 16.0 Å². The largest absolute Gasteiger partial charge is 0.271 e. The van der Waals surface area contributed by atoms with Crippen molar-refractivity contribution in [3.05, 3.63) is 65.2 Å². The minimum Gasteiger partial charge on any atom is -0.271 e. The van der Waals surface area contributed by atoms with Gasteiger partial charge in [-0.15, -0.1) is 11.8 Å². The number of benzene rings is 2. The van der Waals surface area contributed by atoms with Crippen LogP contribution in [0, 0.1) is 18.6 Å². The number of aryl methyl sites for hydroxylation is 1. The van der Waals surface area contributed by atoms with Gasteiger partial charge in [-0.1, -0.05) is 6.07 Å². The normalized spacial score (nSPS) is 12.4. The summed E-state index contributed by atoms with van der Waals surface area (Å²) in [6.45, 7) is 1.84. The molecule has 1 unspecified atom stereocenters. The number of nitrogens with one attached hydrogen (secondary N) is 1. The molecule has 2 aromatic rings. The summed E-state index contributed by atoms with van der Waals surface area (Å²) in [5.74, 6) is 5.65. The Hall–Kier alpha value is -1.43. The third kappa shape index (κ3) is 4.03. The van der Waals surface area contributed by atoms with E-state index in [2.05, 4.69) is 5.43 Å². The Morgan fingerprint density at radius 3 is 2.40 bits per heavy atom. The molecule has 0 amide bonds. The second kappa shape index (κ2) is 6.83. The lowest BCUT2D eigenvalue weighted by Gasteiger charge is -2.16. The van der Waals surface area contributed by atoms with Crippen molar-refractivity contribution in [3.63, 3.8) is 0 Å². The molecule has 0 bridgehead atoms. The maximum absolute atomic E-state index is 13.4. The molecule has 0 fully saturated rings. The molecule has 0 saturated carbocycles. The highest BCUT2D eigenvalue weighted by molar-refractivity contribution is 7.99. The fourth-order valence-corrected chi connectivity index (χ4v) is 2.89. The van der Waals surface area contributed by atoms with E-state index in [1.807, 2.05) is 13.0 Å². The van der Waals surface area contributed by atoms with Crippen LogP contribution in [0.4, 0.5) is 8.78 Å². The number of halogens is 2. The molecule has 0 aromatic heterocycles. The number of hydrazine groups is 1. The summed E-state index contributed by atoms with van der Waals surface area (Å²) >= 11 is 1.54. The molecular weight excluding hydrogens is 278 g/mol. The highest BCUT2D eigenvalue weighted by Gasteiger charge is 2.12. The van der Waals surface area contributed by atoms with Gasteiger partial charge in [0.1, 0.15) is 11.6 Å². The van der Waals surface area contributed by atoms with E-state index >= 15 is 0 Å². The number of thioether (sulfide) groups is 1. The first-order chi connectivity index (χ1) is 9.58. The fourth-order valence-electron chi connectivity index (χ4n) is 1.92. The quantitative estimate of drug-likeness (QED) is 0.503. The van der Waals surface area contributed by atoms with Crippen LogP contribution in [-0.4, -0.2) is 5.75 Å². The van der Waals surface area contributed by atoms with E-state index in [1.165, 1.54) is 36.0 Å². The summed E-state index contributed by atoms with van der Waals surface area (Å²) in [7, 11) is 0. The van der Waals surface area contributed by atoms with Gasteiger partial charge in [0.15, 0.2) is 0 Å². The fraction of sp³-hybridized carbons (Fsp3) is 0.200. The zero-order valence-electron chi connectivity index (χ0n) is 11.1. The summed E-state index contributed by atoms with van der Waals surface area (Å²) in [6, 6.07) is 10.9. The standard InChI is InChI=1S/C15H16F2N2S/c1-10-6-11(8-13(17)7-10)15(19-18)9-20-14-4-2-12(16)3-5-14/h2-8,15,19H,9,18H2,1H3. The van der Waals surface area contributed by atoms with E-state index < -0.39 is 0 Å². The van der Waals surface area contributed by atoms with Crippen LogP contribution in [-0.2, 0) is 0 Å². The molecule has 0 heterocycles. The minimum atomic E-state index is -0.271. The van der Waals surface area contributed by atoms with E-state index in [-0.39, 0.29) is 17.7 Å². The lowest BCUT2D eigenvalue weighted by molar-refractivity contribution is 0.590. The van der Waals surface area contributed by atoms with Crippen molar-refractivity contribution < 1.29 is 8.78 Å². The van der Waals surface area contributed by atoms with Crippen LogP contribution in [0.15, 0.2) is 47.4 Å². The van der Waals surface area contributed by atoms with Crippen LogP contribution in [0.1, 0.15) is 17.2 Å². The molecule has 2 rings (SSSR count). The maximum atomic E-state index is 13.4. The molecule has 20 heavy (non-hydrogen) atoms. The van der Waals surface area contributed by atoms with Gasteiger partial charge in [0.25, 0.3) is 0 Å². The van der Waals surface area contributed by atoms with Gasteiger partial charge in [0, 0.05) is 10.6 Å². The molecule has 0 radical (unpaired) electrons. The molecule has 3 N–H and O–H groups in total. The SMILES string of the molecule is Cc1cc(F)cc(C(CSc2ccc(F)cc2)NN)c1. The molecule has 0 saturated heterocycles. The summed E-state index contributed by atoms with van der Waals surface area (Å²) in [4.78, 5) is 0.944. The maximum Gasteiger partial charge on any atom is 0.123 e. The second-order valence-electron chi connectivity index (χ2n) is 4.55. The molecule has 0 aliphatic heterocycles. The van der Waals surface area contributed by atoms with Crippen LogP contribution in [0.2, 0.25) is 0 Å². The summed E-state index contributed by atoms with van der Waals surface area (Å²) in [6.07, 6.45) is 0. The minimum absolute atomic E-state index is 0.167. The lowest BCUT2D eigenvalue weighted by atomic mass is 10.1. The zero-order valence-corrected chi connectivity index (χ0v) is 11.9. The monoisotopic (exact) mass is 294 g/mol. The molecule has 5 heteroatoms. The third-order valence-electron chi connectivity index (χ3n) is 2.90. The first kappa shape index (κ1) is 15.0. The molecule has 1 atom stereocenters. The van der Waals surface area contributed by atoms with Crippen molar-refractivity contribution in [2.24, 2.45) is 5.84 Å².